The van der Waals surface area contributed by atoms with Gasteiger partial charge in [0, 0.05) is 37.0 Å². The largest absolute Gasteiger partial charge is 0.494 e. The first-order valence-corrected chi connectivity index (χ1v) is 13.8. The fourth-order valence-corrected chi connectivity index (χ4v) is 5.88. The van der Waals surface area contributed by atoms with Gasteiger partial charge in [-0.1, -0.05) is 36.4 Å². The molecule has 0 unspecified atom stereocenters. The average molecular weight is 571 g/mol. The van der Waals surface area contributed by atoms with Crippen molar-refractivity contribution in [3.05, 3.63) is 78.8 Å². The number of anilines is 4. The van der Waals surface area contributed by atoms with Gasteiger partial charge in [0.05, 0.1) is 58.3 Å². The number of likely N-dealkylation sites (N-methyl/N-ethyl adjacent to an activating group) is 1. The van der Waals surface area contributed by atoms with Crippen LogP contribution >= 0.6 is 11.6 Å². The van der Waals surface area contributed by atoms with Crippen molar-refractivity contribution in [3.8, 4) is 17.0 Å². The average Bonchev–Trinajstić information content (AvgIpc) is 3.56. The number of halogens is 1. The Labute approximate surface area is 243 Å². The van der Waals surface area contributed by atoms with Gasteiger partial charge < -0.3 is 20.3 Å². The fraction of sp³-hybridized carbons (Fsp3) is 0.267. The van der Waals surface area contributed by atoms with E-state index in [1.807, 2.05) is 36.5 Å². The van der Waals surface area contributed by atoms with Crippen LogP contribution in [0.25, 0.3) is 16.8 Å². The van der Waals surface area contributed by atoms with E-state index in [0.29, 0.717) is 33.8 Å². The van der Waals surface area contributed by atoms with E-state index in [1.54, 1.807) is 36.2 Å². The third-order valence-corrected chi connectivity index (χ3v) is 8.16. The quantitative estimate of drug-likeness (QED) is 0.221. The highest BCUT2D eigenvalue weighted by Crippen LogP contribution is 2.45. The molecule has 1 spiro atoms. The maximum Gasteiger partial charge on any atom is 0.248 e. The normalized spacial score (nSPS) is 16.3. The van der Waals surface area contributed by atoms with Gasteiger partial charge in [-0.15, -0.1) is 0 Å². The zero-order chi connectivity index (χ0) is 28.6. The number of fused-ring (bicyclic) bond motifs is 1. The van der Waals surface area contributed by atoms with Gasteiger partial charge in [0.2, 0.25) is 11.9 Å². The van der Waals surface area contributed by atoms with Gasteiger partial charge in [-0.2, -0.15) is 5.10 Å². The number of hydrogen-bond donors (Lipinski definition) is 2. The van der Waals surface area contributed by atoms with Crippen molar-refractivity contribution in [3.63, 3.8) is 0 Å². The van der Waals surface area contributed by atoms with E-state index < -0.39 is 0 Å². The summed E-state index contributed by atoms with van der Waals surface area (Å²) in [4.78, 5) is 26.6. The molecule has 6 rings (SSSR count). The zero-order valence-electron chi connectivity index (χ0n) is 23.0. The second-order valence-electron chi connectivity index (χ2n) is 10.4. The number of rotatable bonds is 8. The highest BCUT2D eigenvalue weighted by atomic mass is 35.5. The molecule has 11 heteroatoms. The SMILES string of the molecule is C=C/C=C/C(=O)Nc1cc(Nc2ncc(Cl)c(-c3cnn4ccccc34)n2)c(OC)cc1N1CC2(CCCN2C)C1. The second-order valence-corrected chi connectivity index (χ2v) is 10.8. The number of carbonyl (C=O) groups is 1. The summed E-state index contributed by atoms with van der Waals surface area (Å²) in [5.74, 6) is 0.662. The monoisotopic (exact) mass is 570 g/mol. The van der Waals surface area contributed by atoms with Crippen molar-refractivity contribution in [1.29, 1.82) is 0 Å². The van der Waals surface area contributed by atoms with Gasteiger partial charge >= 0.3 is 0 Å². The minimum Gasteiger partial charge on any atom is -0.494 e. The summed E-state index contributed by atoms with van der Waals surface area (Å²) in [7, 11) is 3.80. The lowest BCUT2D eigenvalue weighted by Gasteiger charge is -2.53. The lowest BCUT2D eigenvalue weighted by atomic mass is 9.86. The number of nitrogens with zero attached hydrogens (tertiary/aromatic N) is 6. The van der Waals surface area contributed by atoms with E-state index in [1.165, 1.54) is 18.9 Å². The molecule has 1 aromatic carbocycles. The lowest BCUT2D eigenvalue weighted by molar-refractivity contribution is -0.111. The lowest BCUT2D eigenvalue weighted by Crippen LogP contribution is -2.67. The molecule has 2 aliphatic heterocycles. The van der Waals surface area contributed by atoms with Gasteiger partial charge in [0.25, 0.3) is 0 Å². The number of nitrogens with one attached hydrogen (secondary N) is 2. The molecule has 210 valence electrons. The molecular weight excluding hydrogens is 540 g/mol. The third kappa shape index (κ3) is 5.00. The number of ether oxygens (including phenoxy) is 1. The van der Waals surface area contributed by atoms with Crippen molar-refractivity contribution in [1.82, 2.24) is 24.5 Å². The molecular formula is C30H31ClN8O2. The molecule has 5 heterocycles. The van der Waals surface area contributed by atoms with Gasteiger partial charge in [0.1, 0.15) is 5.75 Å². The van der Waals surface area contributed by atoms with Crippen molar-refractivity contribution in [2.45, 2.75) is 18.4 Å². The smallest absolute Gasteiger partial charge is 0.248 e. The van der Waals surface area contributed by atoms with Gasteiger partial charge in [-0.3, -0.25) is 9.69 Å². The number of aromatic nitrogens is 4. The van der Waals surface area contributed by atoms with Crippen molar-refractivity contribution in [2.75, 3.05) is 49.3 Å². The van der Waals surface area contributed by atoms with Crippen LogP contribution in [-0.4, -0.2) is 69.7 Å². The number of pyridine rings is 1. The topological polar surface area (TPSA) is 99.9 Å². The molecule has 0 saturated carbocycles. The predicted octanol–water partition coefficient (Wildman–Crippen LogP) is 5.16. The number of carbonyl (C=O) groups excluding carboxylic acids is 1. The first-order valence-electron chi connectivity index (χ1n) is 13.4. The molecule has 3 aromatic heterocycles. The summed E-state index contributed by atoms with van der Waals surface area (Å²) in [6.45, 7) is 6.52. The number of benzene rings is 1. The molecule has 1 amide bonds. The third-order valence-electron chi connectivity index (χ3n) is 7.89. The first-order chi connectivity index (χ1) is 19.9. The van der Waals surface area contributed by atoms with Crippen LogP contribution in [0.15, 0.2) is 73.7 Å². The van der Waals surface area contributed by atoms with E-state index in [9.17, 15) is 4.79 Å². The Bertz CT molecular complexity index is 1660. The Hall–Kier alpha value is -4.41. The maximum absolute atomic E-state index is 12.7. The number of hydrogen-bond acceptors (Lipinski definition) is 8. The Morgan fingerprint density at radius 1 is 1.22 bits per heavy atom. The molecule has 4 aromatic rings. The Morgan fingerprint density at radius 2 is 2.07 bits per heavy atom. The molecule has 0 atom stereocenters. The fourth-order valence-electron chi connectivity index (χ4n) is 5.69. The highest BCUT2D eigenvalue weighted by Gasteiger charge is 2.49. The van der Waals surface area contributed by atoms with Crippen LogP contribution in [0, 0.1) is 0 Å². The molecule has 0 radical (unpaired) electrons. The molecule has 0 aliphatic carbocycles. The van der Waals surface area contributed by atoms with Crippen molar-refractivity contribution in [2.24, 2.45) is 0 Å². The Balaban J connectivity index is 1.35. The minimum atomic E-state index is -0.256. The summed E-state index contributed by atoms with van der Waals surface area (Å²) in [6.07, 6.45) is 12.1. The van der Waals surface area contributed by atoms with Gasteiger partial charge in [-0.05, 0) is 44.6 Å². The summed E-state index contributed by atoms with van der Waals surface area (Å²) in [5, 5.41) is 11.1. The molecule has 41 heavy (non-hydrogen) atoms. The molecule has 2 saturated heterocycles. The van der Waals surface area contributed by atoms with E-state index in [0.717, 1.165) is 36.4 Å². The molecule has 2 fully saturated rings. The molecule has 0 bridgehead atoms. The van der Waals surface area contributed by atoms with Crippen LogP contribution < -0.4 is 20.3 Å². The zero-order valence-corrected chi connectivity index (χ0v) is 23.7. The summed E-state index contributed by atoms with van der Waals surface area (Å²) < 4.78 is 7.55. The van der Waals surface area contributed by atoms with E-state index in [2.05, 4.69) is 44.1 Å². The van der Waals surface area contributed by atoms with Crippen LogP contribution in [-0.2, 0) is 4.79 Å². The summed E-state index contributed by atoms with van der Waals surface area (Å²) in [6, 6.07) is 9.59. The first kappa shape index (κ1) is 26.8. The molecule has 2 aliphatic rings. The van der Waals surface area contributed by atoms with E-state index in [-0.39, 0.29) is 11.4 Å². The van der Waals surface area contributed by atoms with Gasteiger partial charge in [0.15, 0.2) is 0 Å². The number of allylic oxidation sites excluding steroid dienone is 2. The van der Waals surface area contributed by atoms with Crippen LogP contribution in [0.5, 0.6) is 5.75 Å². The van der Waals surface area contributed by atoms with Crippen molar-refractivity contribution >= 4 is 46.0 Å². The molecule has 2 N–H and O–H groups in total. The van der Waals surface area contributed by atoms with Crippen LogP contribution in [0.1, 0.15) is 12.8 Å². The number of methoxy groups -OCH3 is 1. The summed E-state index contributed by atoms with van der Waals surface area (Å²) >= 11 is 6.53. The summed E-state index contributed by atoms with van der Waals surface area (Å²) in [5.41, 5.74) is 4.53. The number of amides is 1. The highest BCUT2D eigenvalue weighted by molar-refractivity contribution is 6.33. The maximum atomic E-state index is 12.7. The Morgan fingerprint density at radius 3 is 2.83 bits per heavy atom. The van der Waals surface area contributed by atoms with Crippen LogP contribution in [0.2, 0.25) is 5.02 Å². The van der Waals surface area contributed by atoms with Crippen LogP contribution in [0.4, 0.5) is 23.0 Å². The number of likely N-dealkylation sites (tertiary alicyclic amines) is 1. The molecule has 10 nitrogen and oxygen atoms in total. The Kier molecular flexibility index (Phi) is 7.10. The van der Waals surface area contributed by atoms with E-state index in [4.69, 9.17) is 21.3 Å². The predicted molar refractivity (Wildman–Crippen MR) is 162 cm³/mol. The standard InChI is InChI=1S/C30H31ClN8O2/c1-4-5-10-27(40)34-22-14-23(26(41-3)15-25(22)38-18-30(19-38)11-8-12-37(30)2)35-29-32-17-21(31)28(36-29)20-16-33-39-13-7-6-9-24(20)39/h4-7,9-10,13-17H,1,8,11-12,18-19H2,2-3H3,(H,34,40)(H,32,35,36)/b10-5+. The second kappa shape index (κ2) is 10.9. The van der Waals surface area contributed by atoms with Crippen LogP contribution in [0.3, 0.4) is 0 Å². The minimum absolute atomic E-state index is 0.180. The van der Waals surface area contributed by atoms with E-state index >= 15 is 0 Å². The van der Waals surface area contributed by atoms with Crippen molar-refractivity contribution < 1.29 is 9.53 Å². The van der Waals surface area contributed by atoms with Gasteiger partial charge in [-0.25, -0.2) is 14.5 Å².